The van der Waals surface area contributed by atoms with Gasteiger partial charge in [0.2, 0.25) is 5.91 Å². The number of hydrogen-bond acceptors (Lipinski definition) is 5. The van der Waals surface area contributed by atoms with Gasteiger partial charge in [0.05, 0.1) is 24.7 Å². The second-order valence-corrected chi connectivity index (χ2v) is 12.8. The molecule has 4 bridgehead atoms. The third kappa shape index (κ3) is 5.22. The van der Waals surface area contributed by atoms with Crippen LogP contribution >= 0.6 is 0 Å². The number of nitrogens with one attached hydrogen (secondary N) is 3. The summed E-state index contributed by atoms with van der Waals surface area (Å²) in [5, 5.41) is 28.4. The number of H-pyrrole nitrogens is 1. The van der Waals surface area contributed by atoms with Crippen molar-refractivity contribution in [3.8, 4) is 0 Å². The van der Waals surface area contributed by atoms with Crippen molar-refractivity contribution in [1.82, 2.24) is 15.6 Å². The molecule has 4 fully saturated rings. The van der Waals surface area contributed by atoms with Gasteiger partial charge in [-0.15, -0.1) is 0 Å². The van der Waals surface area contributed by atoms with E-state index in [1.165, 1.54) is 32.1 Å². The molecule has 3 aromatic rings. The topological polar surface area (TPSA) is 114 Å². The first-order valence-corrected chi connectivity index (χ1v) is 14.8. The van der Waals surface area contributed by atoms with Gasteiger partial charge in [0, 0.05) is 29.4 Å². The van der Waals surface area contributed by atoms with Gasteiger partial charge >= 0.3 is 0 Å². The Labute approximate surface area is 235 Å². The maximum atomic E-state index is 13.9. The van der Waals surface area contributed by atoms with Gasteiger partial charge < -0.3 is 20.5 Å². The molecule has 0 aliphatic heterocycles. The van der Waals surface area contributed by atoms with E-state index in [0.29, 0.717) is 23.8 Å². The summed E-state index contributed by atoms with van der Waals surface area (Å²) >= 11 is 0. The number of para-hydroxylation sites is 1. The van der Waals surface area contributed by atoms with Crippen molar-refractivity contribution in [1.29, 1.82) is 0 Å². The van der Waals surface area contributed by atoms with E-state index in [-0.39, 0.29) is 24.2 Å². The highest BCUT2D eigenvalue weighted by atomic mass is 16.3. The standard InChI is InChI=1S/C33H41N3O4/c1-33(16-25-17-34-27-10-6-5-9-26(25)27,32(40)36-28(19-37)31(39)22-7-3-2-4-8-22)35-18-29(38)30-23-12-20-11-21(14-23)15-24(30)13-20/h2-10,17,20-21,23-24,28,30-31,34-35,37,39H,11-16,18-19H2,1H3,(H,36,40). The van der Waals surface area contributed by atoms with E-state index in [1.54, 1.807) is 12.1 Å². The number of rotatable bonds is 11. The fourth-order valence-corrected chi connectivity index (χ4v) is 8.17. The summed E-state index contributed by atoms with van der Waals surface area (Å²) in [5.74, 6) is 2.51. The lowest BCUT2D eigenvalue weighted by molar-refractivity contribution is -0.136. The van der Waals surface area contributed by atoms with E-state index < -0.39 is 24.3 Å². The molecule has 2 aromatic carbocycles. The second-order valence-electron chi connectivity index (χ2n) is 12.8. The van der Waals surface area contributed by atoms with Crippen molar-refractivity contribution in [3.05, 3.63) is 71.9 Å². The summed E-state index contributed by atoms with van der Waals surface area (Å²) in [4.78, 5) is 30.9. The minimum Gasteiger partial charge on any atom is -0.394 e. The zero-order valence-corrected chi connectivity index (χ0v) is 23.2. The molecule has 4 saturated carbocycles. The molecule has 1 heterocycles. The minimum atomic E-state index is -1.14. The van der Waals surface area contributed by atoms with Crippen LogP contribution < -0.4 is 10.6 Å². The van der Waals surface area contributed by atoms with Gasteiger partial charge in [0.25, 0.3) is 0 Å². The summed E-state index contributed by atoms with van der Waals surface area (Å²) in [6, 6.07) is 16.1. The third-order valence-electron chi connectivity index (χ3n) is 10.0. The van der Waals surface area contributed by atoms with E-state index in [2.05, 4.69) is 15.6 Å². The van der Waals surface area contributed by atoms with Crippen molar-refractivity contribution in [2.24, 2.45) is 29.6 Å². The molecule has 4 aliphatic rings. The summed E-state index contributed by atoms with van der Waals surface area (Å²) in [5.41, 5.74) is 1.42. The highest BCUT2D eigenvalue weighted by Gasteiger charge is 2.50. The SMILES string of the molecule is CC(Cc1c[nH]c2ccccc12)(NCC(=O)C1C2CC3CC(C2)CC1C3)C(=O)NC(CO)C(O)c1ccccc1. The number of aromatic amines is 1. The van der Waals surface area contributed by atoms with E-state index in [4.69, 9.17) is 0 Å². The Hall–Kier alpha value is -3.00. The average Bonchev–Trinajstić information content (AvgIpc) is 3.36. The molecular weight excluding hydrogens is 502 g/mol. The van der Waals surface area contributed by atoms with Crippen molar-refractivity contribution in [3.63, 3.8) is 0 Å². The van der Waals surface area contributed by atoms with Crippen LogP contribution in [-0.2, 0) is 16.0 Å². The van der Waals surface area contributed by atoms with Crippen LogP contribution in [0.4, 0.5) is 0 Å². The molecule has 5 N–H and O–H groups in total. The summed E-state index contributed by atoms with van der Waals surface area (Å²) < 4.78 is 0. The Kier molecular flexibility index (Phi) is 7.55. The Morgan fingerprint density at radius 2 is 1.62 bits per heavy atom. The summed E-state index contributed by atoms with van der Waals surface area (Å²) in [6.07, 6.45) is 7.23. The molecule has 7 rings (SSSR count). The van der Waals surface area contributed by atoms with Gasteiger partial charge in [-0.2, -0.15) is 0 Å². The molecule has 3 unspecified atom stereocenters. The number of Topliss-reactive ketones (excluding diaryl/α,β-unsaturated/α-hetero) is 1. The van der Waals surface area contributed by atoms with Gasteiger partial charge in [0.15, 0.2) is 0 Å². The maximum absolute atomic E-state index is 13.9. The first-order valence-electron chi connectivity index (χ1n) is 14.8. The number of ketones is 1. The highest BCUT2D eigenvalue weighted by Crippen LogP contribution is 2.56. The van der Waals surface area contributed by atoms with Gasteiger partial charge in [-0.3, -0.25) is 14.9 Å². The van der Waals surface area contributed by atoms with Crippen LogP contribution in [-0.4, -0.2) is 51.6 Å². The molecule has 7 nitrogen and oxygen atoms in total. The van der Waals surface area contributed by atoms with E-state index >= 15 is 0 Å². The summed E-state index contributed by atoms with van der Waals surface area (Å²) in [7, 11) is 0. The van der Waals surface area contributed by atoms with Crippen LogP contribution in [0.2, 0.25) is 0 Å². The van der Waals surface area contributed by atoms with Gasteiger partial charge in [-0.1, -0.05) is 48.5 Å². The Bertz CT molecular complexity index is 1330. The Morgan fingerprint density at radius 3 is 2.30 bits per heavy atom. The third-order valence-corrected chi connectivity index (χ3v) is 10.0. The zero-order valence-electron chi connectivity index (χ0n) is 23.2. The van der Waals surface area contributed by atoms with E-state index in [9.17, 15) is 19.8 Å². The molecule has 7 heteroatoms. The highest BCUT2D eigenvalue weighted by molar-refractivity contribution is 5.90. The summed E-state index contributed by atoms with van der Waals surface area (Å²) in [6.45, 7) is 1.53. The first-order chi connectivity index (χ1) is 19.3. The first kappa shape index (κ1) is 27.2. The molecule has 1 amide bonds. The number of hydrogen-bond donors (Lipinski definition) is 5. The van der Waals surface area contributed by atoms with Gasteiger partial charge in [-0.05, 0) is 79.9 Å². The average molecular weight is 544 g/mol. The molecular formula is C33H41N3O4. The fraction of sp³-hybridized carbons (Fsp3) is 0.515. The molecule has 0 saturated heterocycles. The van der Waals surface area contributed by atoms with Crippen LogP contribution in [0, 0.1) is 29.6 Å². The quantitative estimate of drug-likeness (QED) is 0.252. The lowest BCUT2D eigenvalue weighted by atomic mass is 9.51. The lowest BCUT2D eigenvalue weighted by Crippen LogP contribution is -2.61. The van der Waals surface area contributed by atoms with Crippen LogP contribution in [0.3, 0.4) is 0 Å². The van der Waals surface area contributed by atoms with E-state index in [0.717, 1.165) is 28.3 Å². The minimum absolute atomic E-state index is 0.0887. The monoisotopic (exact) mass is 543 g/mol. The van der Waals surface area contributed by atoms with Crippen molar-refractivity contribution in [2.75, 3.05) is 13.2 Å². The smallest absolute Gasteiger partial charge is 0.240 e. The molecule has 0 radical (unpaired) electrons. The van der Waals surface area contributed by atoms with Crippen molar-refractivity contribution < 1.29 is 19.8 Å². The van der Waals surface area contributed by atoms with Crippen molar-refractivity contribution in [2.45, 2.75) is 63.1 Å². The normalized spacial score (nSPS) is 28.2. The molecule has 1 aromatic heterocycles. The van der Waals surface area contributed by atoms with Crippen LogP contribution in [0.25, 0.3) is 10.9 Å². The largest absolute Gasteiger partial charge is 0.394 e. The number of aliphatic hydroxyl groups is 2. The molecule has 40 heavy (non-hydrogen) atoms. The van der Waals surface area contributed by atoms with Gasteiger partial charge in [-0.25, -0.2) is 0 Å². The number of carbonyl (C=O) groups is 2. The molecule has 4 aliphatic carbocycles. The number of aliphatic hydroxyl groups excluding tert-OH is 2. The second kappa shape index (κ2) is 11.1. The van der Waals surface area contributed by atoms with Crippen LogP contribution in [0.15, 0.2) is 60.8 Å². The van der Waals surface area contributed by atoms with Crippen LogP contribution in [0.5, 0.6) is 0 Å². The fourth-order valence-electron chi connectivity index (χ4n) is 8.17. The molecule has 0 spiro atoms. The molecule has 3 atom stereocenters. The number of amides is 1. The van der Waals surface area contributed by atoms with E-state index in [1.807, 2.05) is 55.6 Å². The number of aromatic nitrogens is 1. The predicted octanol–water partition coefficient (Wildman–Crippen LogP) is 3.91. The zero-order chi connectivity index (χ0) is 27.9. The number of benzene rings is 2. The predicted molar refractivity (Wildman–Crippen MR) is 154 cm³/mol. The Balaban J connectivity index is 1.22. The molecule has 212 valence electrons. The number of fused-ring (bicyclic) bond motifs is 1. The van der Waals surface area contributed by atoms with Gasteiger partial charge in [0.1, 0.15) is 11.9 Å². The lowest BCUT2D eigenvalue weighted by Gasteiger charge is -2.54. The number of carbonyl (C=O) groups excluding carboxylic acids is 2. The van der Waals surface area contributed by atoms with Crippen molar-refractivity contribution >= 4 is 22.6 Å². The van der Waals surface area contributed by atoms with Crippen LogP contribution in [0.1, 0.15) is 56.3 Å². The Morgan fingerprint density at radius 1 is 0.975 bits per heavy atom. The maximum Gasteiger partial charge on any atom is 0.240 e.